The Bertz CT molecular complexity index is 128. The van der Waals surface area contributed by atoms with Crippen LogP contribution in [0.5, 0.6) is 0 Å². The third-order valence-corrected chi connectivity index (χ3v) is 1.76. The molecule has 5 heteroatoms. The first-order valence-corrected chi connectivity index (χ1v) is 3.36. The smallest absolute Gasteiger partial charge is 0.184 e. The Kier molecular flexibility index (Phi) is 2.80. The number of aliphatic hydroxyl groups excluding tert-OH is 3. The SMILES string of the molecule is CO[C@@H]1[C@@H](CO)OC(O)[C@@H]1O. The molecular weight excluding hydrogens is 152 g/mol. The molecule has 1 heterocycles. The molecule has 0 radical (unpaired) electrons. The molecule has 0 aromatic heterocycles. The van der Waals surface area contributed by atoms with Crippen molar-refractivity contribution >= 4 is 0 Å². The van der Waals surface area contributed by atoms with E-state index in [0.717, 1.165) is 0 Å². The lowest BCUT2D eigenvalue weighted by molar-refractivity contribution is -0.132. The molecule has 3 N–H and O–H groups in total. The van der Waals surface area contributed by atoms with Gasteiger partial charge in [-0.3, -0.25) is 0 Å². The molecule has 5 nitrogen and oxygen atoms in total. The summed E-state index contributed by atoms with van der Waals surface area (Å²) in [6.07, 6.45) is -3.60. The van der Waals surface area contributed by atoms with Gasteiger partial charge in [0.15, 0.2) is 6.29 Å². The Morgan fingerprint density at radius 3 is 2.45 bits per heavy atom. The number of methoxy groups -OCH3 is 1. The van der Waals surface area contributed by atoms with E-state index in [9.17, 15) is 0 Å². The second kappa shape index (κ2) is 3.46. The van der Waals surface area contributed by atoms with Gasteiger partial charge in [-0.2, -0.15) is 0 Å². The Morgan fingerprint density at radius 2 is 2.09 bits per heavy atom. The molecule has 1 unspecified atom stereocenters. The highest BCUT2D eigenvalue weighted by Gasteiger charge is 2.42. The first kappa shape index (κ1) is 8.89. The monoisotopic (exact) mass is 164 g/mol. The molecule has 1 saturated heterocycles. The summed E-state index contributed by atoms with van der Waals surface area (Å²) in [5.41, 5.74) is 0. The predicted molar refractivity (Wildman–Crippen MR) is 34.8 cm³/mol. The second-order valence-electron chi connectivity index (χ2n) is 2.44. The highest BCUT2D eigenvalue weighted by atomic mass is 16.7. The van der Waals surface area contributed by atoms with Crippen molar-refractivity contribution in [2.45, 2.75) is 24.6 Å². The van der Waals surface area contributed by atoms with Crippen LogP contribution in [0.15, 0.2) is 0 Å². The fraction of sp³-hybridized carbons (Fsp3) is 1.00. The fourth-order valence-corrected chi connectivity index (χ4v) is 1.16. The summed E-state index contributed by atoms with van der Waals surface area (Å²) in [6.45, 7) is -0.271. The molecule has 0 aliphatic carbocycles. The quantitative estimate of drug-likeness (QED) is 0.443. The van der Waals surface area contributed by atoms with Crippen molar-refractivity contribution < 1.29 is 24.8 Å². The summed E-state index contributed by atoms with van der Waals surface area (Å²) < 4.78 is 9.56. The van der Waals surface area contributed by atoms with Crippen molar-refractivity contribution in [3.8, 4) is 0 Å². The van der Waals surface area contributed by atoms with Crippen LogP contribution in [0.1, 0.15) is 0 Å². The van der Waals surface area contributed by atoms with Crippen LogP contribution in [0.2, 0.25) is 0 Å². The van der Waals surface area contributed by atoms with E-state index in [1.165, 1.54) is 7.11 Å². The minimum absolute atomic E-state index is 0.271. The number of hydrogen-bond acceptors (Lipinski definition) is 5. The van der Waals surface area contributed by atoms with Gasteiger partial charge in [0.25, 0.3) is 0 Å². The summed E-state index contributed by atoms with van der Waals surface area (Å²) in [7, 11) is 1.39. The van der Waals surface area contributed by atoms with Crippen molar-refractivity contribution in [3.05, 3.63) is 0 Å². The van der Waals surface area contributed by atoms with Gasteiger partial charge >= 0.3 is 0 Å². The zero-order chi connectivity index (χ0) is 8.43. The maximum absolute atomic E-state index is 9.15. The van der Waals surface area contributed by atoms with Crippen LogP contribution < -0.4 is 0 Å². The lowest BCUT2D eigenvalue weighted by atomic mass is 10.1. The highest BCUT2D eigenvalue weighted by molar-refractivity contribution is 4.86. The largest absolute Gasteiger partial charge is 0.394 e. The Morgan fingerprint density at radius 1 is 1.45 bits per heavy atom. The summed E-state index contributed by atoms with van der Waals surface area (Å²) in [6, 6.07) is 0. The third-order valence-electron chi connectivity index (χ3n) is 1.76. The number of rotatable bonds is 2. The van der Waals surface area contributed by atoms with E-state index in [2.05, 4.69) is 0 Å². The molecule has 0 aromatic carbocycles. The molecule has 4 atom stereocenters. The summed E-state index contributed by atoms with van der Waals surface area (Å²) in [5.74, 6) is 0. The molecule has 0 aromatic rings. The van der Waals surface area contributed by atoms with Gasteiger partial charge in [-0.25, -0.2) is 0 Å². The zero-order valence-electron chi connectivity index (χ0n) is 6.17. The van der Waals surface area contributed by atoms with E-state index in [1.807, 2.05) is 0 Å². The Labute approximate surface area is 64.2 Å². The van der Waals surface area contributed by atoms with Crippen LogP contribution >= 0.6 is 0 Å². The maximum Gasteiger partial charge on any atom is 0.184 e. The number of ether oxygens (including phenoxy) is 2. The van der Waals surface area contributed by atoms with Gasteiger partial charge in [-0.1, -0.05) is 0 Å². The third kappa shape index (κ3) is 1.52. The molecule has 1 rings (SSSR count). The van der Waals surface area contributed by atoms with Crippen molar-refractivity contribution in [2.75, 3.05) is 13.7 Å². The van der Waals surface area contributed by atoms with Crippen molar-refractivity contribution in [3.63, 3.8) is 0 Å². The molecule has 0 amide bonds. The van der Waals surface area contributed by atoms with Gasteiger partial charge in [0.05, 0.1) is 6.61 Å². The van der Waals surface area contributed by atoms with Crippen LogP contribution in [-0.4, -0.2) is 53.6 Å². The van der Waals surface area contributed by atoms with Crippen LogP contribution in [0, 0.1) is 0 Å². The average Bonchev–Trinajstić information content (AvgIpc) is 2.28. The van der Waals surface area contributed by atoms with Crippen molar-refractivity contribution in [1.82, 2.24) is 0 Å². The van der Waals surface area contributed by atoms with E-state index in [4.69, 9.17) is 24.8 Å². The maximum atomic E-state index is 9.15. The normalized spacial score (nSPS) is 44.7. The summed E-state index contributed by atoms with van der Waals surface area (Å²) in [5, 5.41) is 26.8. The number of hydrogen-bond donors (Lipinski definition) is 3. The summed E-state index contributed by atoms with van der Waals surface area (Å²) in [4.78, 5) is 0. The summed E-state index contributed by atoms with van der Waals surface area (Å²) >= 11 is 0. The number of aliphatic hydroxyl groups is 3. The molecular formula is C6H12O5. The van der Waals surface area contributed by atoms with Crippen LogP contribution in [0.25, 0.3) is 0 Å². The predicted octanol–water partition coefficient (Wildman–Crippen LogP) is -1.93. The molecule has 1 aliphatic heterocycles. The highest BCUT2D eigenvalue weighted by Crippen LogP contribution is 2.21. The first-order valence-electron chi connectivity index (χ1n) is 3.36. The van der Waals surface area contributed by atoms with E-state index < -0.39 is 24.6 Å². The average molecular weight is 164 g/mol. The van der Waals surface area contributed by atoms with Gasteiger partial charge in [0.2, 0.25) is 0 Å². The van der Waals surface area contributed by atoms with E-state index >= 15 is 0 Å². The van der Waals surface area contributed by atoms with Gasteiger partial charge < -0.3 is 24.8 Å². The Hall–Kier alpha value is -0.200. The van der Waals surface area contributed by atoms with Crippen molar-refractivity contribution in [1.29, 1.82) is 0 Å². The fourth-order valence-electron chi connectivity index (χ4n) is 1.16. The topological polar surface area (TPSA) is 79.2 Å². The van der Waals surface area contributed by atoms with E-state index in [0.29, 0.717) is 0 Å². The van der Waals surface area contributed by atoms with Gasteiger partial charge in [0, 0.05) is 7.11 Å². The standard InChI is InChI=1S/C6H12O5/c1-10-5-3(2-7)11-6(9)4(5)8/h3-9H,2H2,1H3/t3-,4-,5-,6?/m1/s1. The molecule has 11 heavy (non-hydrogen) atoms. The minimum Gasteiger partial charge on any atom is -0.394 e. The lowest BCUT2D eigenvalue weighted by Gasteiger charge is -2.15. The van der Waals surface area contributed by atoms with Crippen LogP contribution in [-0.2, 0) is 9.47 Å². The molecule has 1 aliphatic rings. The van der Waals surface area contributed by atoms with Crippen molar-refractivity contribution in [2.24, 2.45) is 0 Å². The molecule has 1 fully saturated rings. The van der Waals surface area contributed by atoms with Crippen LogP contribution in [0.3, 0.4) is 0 Å². The van der Waals surface area contributed by atoms with Gasteiger partial charge in [-0.15, -0.1) is 0 Å². The van der Waals surface area contributed by atoms with Crippen LogP contribution in [0.4, 0.5) is 0 Å². The zero-order valence-corrected chi connectivity index (χ0v) is 6.17. The first-order chi connectivity index (χ1) is 5.20. The molecule has 0 spiro atoms. The minimum atomic E-state index is -1.25. The lowest BCUT2D eigenvalue weighted by Crippen LogP contribution is -2.35. The molecule has 0 bridgehead atoms. The Balaban J connectivity index is 2.57. The second-order valence-corrected chi connectivity index (χ2v) is 2.44. The molecule has 66 valence electrons. The van der Waals surface area contributed by atoms with Gasteiger partial charge in [0.1, 0.15) is 18.3 Å². The molecule has 0 saturated carbocycles. The van der Waals surface area contributed by atoms with E-state index in [1.54, 1.807) is 0 Å². The van der Waals surface area contributed by atoms with Gasteiger partial charge in [-0.05, 0) is 0 Å². The van der Waals surface area contributed by atoms with E-state index in [-0.39, 0.29) is 6.61 Å².